The number of anilines is 1. The number of H-pyrrole nitrogens is 1. The number of benzene rings is 2. The van der Waals surface area contributed by atoms with Crippen molar-refractivity contribution in [3.05, 3.63) is 54.2 Å². The van der Waals surface area contributed by atoms with E-state index in [2.05, 4.69) is 41.3 Å². The van der Waals surface area contributed by atoms with E-state index >= 15 is 0 Å². The fourth-order valence-electron chi connectivity index (χ4n) is 3.75. The number of amides is 1. The highest BCUT2D eigenvalue weighted by molar-refractivity contribution is 5.98. The molecule has 0 bridgehead atoms. The van der Waals surface area contributed by atoms with E-state index in [9.17, 15) is 4.79 Å². The van der Waals surface area contributed by atoms with Gasteiger partial charge < -0.3 is 10.3 Å². The molecule has 0 saturated heterocycles. The highest BCUT2D eigenvalue weighted by Crippen LogP contribution is 2.39. The average Bonchev–Trinajstić information content (AvgIpc) is 3.02. The van der Waals surface area contributed by atoms with Crippen molar-refractivity contribution in [3.63, 3.8) is 0 Å². The lowest BCUT2D eigenvalue weighted by atomic mass is 9.78. The molecular weight excluding hydrogens is 324 g/mol. The van der Waals surface area contributed by atoms with Gasteiger partial charge in [0, 0.05) is 34.7 Å². The fourth-order valence-corrected chi connectivity index (χ4v) is 3.75. The van der Waals surface area contributed by atoms with E-state index in [1.807, 2.05) is 36.5 Å². The Morgan fingerprint density at radius 2 is 1.92 bits per heavy atom. The highest BCUT2D eigenvalue weighted by Gasteiger charge is 2.32. The summed E-state index contributed by atoms with van der Waals surface area (Å²) in [5.74, 6) is 0.834. The summed E-state index contributed by atoms with van der Waals surface area (Å²) in [4.78, 5) is 24.6. The predicted octanol–water partition coefficient (Wildman–Crippen LogP) is 4.40. The molecule has 5 rings (SSSR count). The van der Waals surface area contributed by atoms with Gasteiger partial charge in [0.05, 0.1) is 16.6 Å². The van der Waals surface area contributed by atoms with Crippen LogP contribution in [0.3, 0.4) is 0 Å². The van der Waals surface area contributed by atoms with Gasteiger partial charge in [-0.05, 0) is 29.8 Å². The smallest absolute Gasteiger partial charge is 0.225 e. The summed E-state index contributed by atoms with van der Waals surface area (Å²) in [7, 11) is 0. The van der Waals surface area contributed by atoms with E-state index in [0.717, 1.165) is 44.6 Å². The zero-order valence-corrected chi connectivity index (χ0v) is 14.6. The number of aromatic nitrogens is 3. The Kier molecular flexibility index (Phi) is 2.98. The molecule has 1 aliphatic rings. The molecule has 0 aliphatic carbocycles. The Morgan fingerprint density at radius 1 is 1.08 bits per heavy atom. The molecule has 4 aromatic rings. The van der Waals surface area contributed by atoms with E-state index in [4.69, 9.17) is 4.98 Å². The number of nitrogens with one attached hydrogen (secondary N) is 2. The number of aromatic amines is 1. The van der Waals surface area contributed by atoms with Crippen molar-refractivity contribution in [2.75, 3.05) is 5.32 Å². The summed E-state index contributed by atoms with van der Waals surface area (Å²) in [6.45, 7) is 4.20. The minimum atomic E-state index is -0.193. The predicted molar refractivity (Wildman–Crippen MR) is 103 cm³/mol. The number of nitrogens with zero attached hydrogens (tertiary/aromatic N) is 2. The Labute approximate surface area is 150 Å². The number of para-hydroxylation sites is 1. The Bertz CT molecular complexity index is 1190. The van der Waals surface area contributed by atoms with Crippen molar-refractivity contribution in [3.8, 4) is 11.4 Å². The van der Waals surface area contributed by atoms with Crippen LogP contribution in [0.2, 0.25) is 0 Å². The zero-order chi connectivity index (χ0) is 17.9. The van der Waals surface area contributed by atoms with Crippen molar-refractivity contribution in [2.24, 2.45) is 0 Å². The summed E-state index contributed by atoms with van der Waals surface area (Å²) >= 11 is 0. The van der Waals surface area contributed by atoms with Crippen LogP contribution in [0.25, 0.3) is 33.3 Å². The Balaban J connectivity index is 1.67. The molecule has 0 spiro atoms. The Hall–Kier alpha value is -3.21. The van der Waals surface area contributed by atoms with Gasteiger partial charge in [-0.1, -0.05) is 32.0 Å². The van der Waals surface area contributed by atoms with Crippen molar-refractivity contribution in [1.29, 1.82) is 0 Å². The molecule has 5 heteroatoms. The number of rotatable bonds is 1. The molecule has 0 unspecified atom stereocenters. The van der Waals surface area contributed by atoms with E-state index in [1.54, 1.807) is 0 Å². The molecule has 3 heterocycles. The van der Waals surface area contributed by atoms with Gasteiger partial charge in [0.1, 0.15) is 5.82 Å². The SMILES string of the molecule is CC1(C)CC(=O)Nc2cc3nc(-c4cnc5ccccc5c4)[nH]c3cc21. The molecule has 0 fully saturated rings. The van der Waals surface area contributed by atoms with Gasteiger partial charge in [0.25, 0.3) is 0 Å². The van der Waals surface area contributed by atoms with Gasteiger partial charge in [0.15, 0.2) is 0 Å². The van der Waals surface area contributed by atoms with Gasteiger partial charge in [-0.25, -0.2) is 4.98 Å². The lowest BCUT2D eigenvalue weighted by molar-refractivity contribution is -0.117. The molecule has 1 amide bonds. The van der Waals surface area contributed by atoms with E-state index < -0.39 is 0 Å². The third-order valence-electron chi connectivity index (χ3n) is 5.09. The second-order valence-electron chi connectivity index (χ2n) is 7.53. The van der Waals surface area contributed by atoms with Crippen LogP contribution >= 0.6 is 0 Å². The van der Waals surface area contributed by atoms with Crippen LogP contribution in [-0.4, -0.2) is 20.9 Å². The lowest BCUT2D eigenvalue weighted by Gasteiger charge is -2.31. The van der Waals surface area contributed by atoms with Crippen LogP contribution in [-0.2, 0) is 10.2 Å². The molecule has 2 N–H and O–H groups in total. The minimum Gasteiger partial charge on any atom is -0.338 e. The number of carbonyl (C=O) groups is 1. The number of imidazole rings is 1. The van der Waals surface area contributed by atoms with Gasteiger partial charge >= 0.3 is 0 Å². The summed E-state index contributed by atoms with van der Waals surface area (Å²) in [5.41, 5.74) is 5.51. The van der Waals surface area contributed by atoms with Gasteiger partial charge in [-0.15, -0.1) is 0 Å². The number of pyridine rings is 1. The van der Waals surface area contributed by atoms with Crippen LogP contribution < -0.4 is 5.32 Å². The van der Waals surface area contributed by atoms with Crippen LogP contribution in [0.5, 0.6) is 0 Å². The average molecular weight is 342 g/mol. The van der Waals surface area contributed by atoms with E-state index in [0.29, 0.717) is 6.42 Å². The van der Waals surface area contributed by atoms with Gasteiger partial charge in [-0.3, -0.25) is 9.78 Å². The molecular formula is C21H18N4O. The first-order valence-corrected chi connectivity index (χ1v) is 8.69. The maximum absolute atomic E-state index is 12.0. The second kappa shape index (κ2) is 5.14. The monoisotopic (exact) mass is 342 g/mol. The molecule has 1 aliphatic heterocycles. The third-order valence-corrected chi connectivity index (χ3v) is 5.09. The van der Waals surface area contributed by atoms with Crippen molar-refractivity contribution >= 4 is 33.5 Å². The third kappa shape index (κ3) is 2.28. The normalized spacial score (nSPS) is 15.8. The molecule has 0 atom stereocenters. The van der Waals surface area contributed by atoms with Crippen LogP contribution in [0, 0.1) is 0 Å². The maximum Gasteiger partial charge on any atom is 0.225 e. The summed E-state index contributed by atoms with van der Waals surface area (Å²) in [6, 6.07) is 14.2. The molecule has 0 radical (unpaired) electrons. The van der Waals surface area contributed by atoms with E-state index in [-0.39, 0.29) is 11.3 Å². The van der Waals surface area contributed by atoms with Crippen molar-refractivity contribution < 1.29 is 4.79 Å². The van der Waals surface area contributed by atoms with Gasteiger partial charge in [-0.2, -0.15) is 0 Å². The standard InChI is InChI=1S/C21H18N4O/c1-21(2)10-19(26)23-16-9-18-17(8-14(16)21)24-20(25-18)13-7-12-5-3-4-6-15(12)22-11-13/h3-9,11H,10H2,1-2H3,(H,23,26)(H,24,25). The Morgan fingerprint density at radius 3 is 2.81 bits per heavy atom. The molecule has 26 heavy (non-hydrogen) atoms. The molecule has 0 saturated carbocycles. The fraction of sp³-hybridized carbons (Fsp3) is 0.190. The number of hydrogen-bond acceptors (Lipinski definition) is 3. The van der Waals surface area contributed by atoms with E-state index in [1.165, 1.54) is 0 Å². The summed E-state index contributed by atoms with van der Waals surface area (Å²) in [5, 5.41) is 4.06. The quantitative estimate of drug-likeness (QED) is 0.539. The molecule has 2 aromatic carbocycles. The van der Waals surface area contributed by atoms with Crippen LogP contribution in [0.1, 0.15) is 25.8 Å². The largest absolute Gasteiger partial charge is 0.338 e. The lowest BCUT2D eigenvalue weighted by Crippen LogP contribution is -2.32. The first kappa shape index (κ1) is 15.1. The summed E-state index contributed by atoms with van der Waals surface area (Å²) < 4.78 is 0. The van der Waals surface area contributed by atoms with Crippen molar-refractivity contribution in [1.82, 2.24) is 15.0 Å². The van der Waals surface area contributed by atoms with Crippen molar-refractivity contribution in [2.45, 2.75) is 25.7 Å². The first-order valence-electron chi connectivity index (χ1n) is 8.69. The topological polar surface area (TPSA) is 70.7 Å². The van der Waals surface area contributed by atoms with Crippen LogP contribution in [0.15, 0.2) is 48.7 Å². The second-order valence-corrected chi connectivity index (χ2v) is 7.53. The maximum atomic E-state index is 12.0. The molecule has 5 nitrogen and oxygen atoms in total. The number of carbonyl (C=O) groups excluding carboxylic acids is 1. The number of hydrogen-bond donors (Lipinski definition) is 2. The first-order chi connectivity index (χ1) is 12.5. The van der Waals surface area contributed by atoms with Gasteiger partial charge in [0.2, 0.25) is 5.91 Å². The highest BCUT2D eigenvalue weighted by atomic mass is 16.1. The van der Waals surface area contributed by atoms with Crippen LogP contribution in [0.4, 0.5) is 5.69 Å². The minimum absolute atomic E-state index is 0.0522. The zero-order valence-electron chi connectivity index (χ0n) is 14.6. The molecule has 2 aromatic heterocycles. The molecule has 128 valence electrons. The number of fused-ring (bicyclic) bond motifs is 3. The summed E-state index contributed by atoms with van der Waals surface area (Å²) in [6.07, 6.45) is 2.33.